The SMILES string of the molecule is CN(CCN1CCC(OC(=O)Nc2ccccc2-c2ccccc2)CC1)C(=O)CCCC1CCN(c2ccc(C(=O)N(C)CCCN(C)C(=O)CO[C@H]3Cc4ccccc4C34CCN(CC[C@]3(c5ccc(F)cc5)CN(C(=O)c5cc(C(F)(F)F)cc(C(F)(F)F)c5)CO3)CC4)cc2)CC1.Cl.Cl.Cl. The molecular formula is C77H92Cl3F7N8O8. The standard InChI is InChI=1S/C77H89F7N8O8.3ClH/c1-86(70(94)51-98-68-49-57-16-7-9-18-66(57)74(68)33-42-90(43-34-74)44-35-75(59-23-25-62(78)26-24-59)52-92(53-99-75)72(96)58-47-60(76(79,80)81)50-61(48-58)77(82,83)84)36-12-37-88(3)71(95)56-21-27-63(28-22-56)91-40-29-54(30-41-91)13-11-20-69(93)87(2)45-46-89-38-31-64(32-39-89)100-73(97)85-67-19-10-8-17-65(67)55-14-5-4-6-15-55;;;/h4-10,14-19,21-28,47-48,50,54,64,68H,11-13,20,29-46,49,51-53H2,1-3H3,(H,85,97);3*1H/t68-,75+;;;/m0.../s1. The zero-order chi connectivity index (χ0) is 70.8. The molecule has 5 amide bonds. The number of benzene rings is 6. The predicted octanol–water partition coefficient (Wildman–Crippen LogP) is 14.7. The van der Waals surface area contributed by atoms with E-state index in [9.17, 15) is 54.7 Å². The summed E-state index contributed by atoms with van der Waals surface area (Å²) in [6, 6.07) is 39.8. The van der Waals surface area contributed by atoms with Crippen molar-refractivity contribution in [2.75, 3.05) is 123 Å². The third kappa shape index (κ3) is 20.3. The monoisotopic (exact) mass is 1490 g/mol. The number of hydrogen-bond acceptors (Lipinski definition) is 11. The molecule has 4 heterocycles. The summed E-state index contributed by atoms with van der Waals surface area (Å²) in [6.45, 7) is 6.51. The van der Waals surface area contributed by atoms with E-state index in [2.05, 4.69) is 32.1 Å². The molecule has 16 nitrogen and oxygen atoms in total. The molecule has 4 fully saturated rings. The van der Waals surface area contributed by atoms with E-state index < -0.39 is 64.6 Å². The molecule has 0 aromatic heterocycles. The van der Waals surface area contributed by atoms with Crippen LogP contribution < -0.4 is 10.2 Å². The summed E-state index contributed by atoms with van der Waals surface area (Å²) in [5.41, 5.74) is 1.44. The van der Waals surface area contributed by atoms with Crippen LogP contribution in [0.5, 0.6) is 0 Å². The van der Waals surface area contributed by atoms with Crippen molar-refractivity contribution in [2.24, 2.45) is 5.92 Å². The Morgan fingerprint density at radius 1 is 0.631 bits per heavy atom. The third-order valence-corrected chi connectivity index (χ3v) is 21.1. The average molecular weight is 1500 g/mol. The molecule has 6 aromatic rings. The van der Waals surface area contributed by atoms with Crippen LogP contribution in [0.1, 0.15) is 119 Å². The van der Waals surface area contributed by atoms with Crippen molar-refractivity contribution in [3.05, 3.63) is 190 Å². The van der Waals surface area contributed by atoms with Crippen LogP contribution in [0.25, 0.3) is 11.1 Å². The quantitative estimate of drug-likeness (QED) is 0.0578. The van der Waals surface area contributed by atoms with Crippen molar-refractivity contribution in [3.8, 4) is 11.1 Å². The minimum Gasteiger partial charge on any atom is -0.446 e. The smallest absolute Gasteiger partial charge is 0.416 e. The molecule has 6 aromatic carbocycles. The number of likely N-dealkylation sites (tertiary alicyclic amines) is 2. The number of likely N-dealkylation sites (N-methyl/N-ethyl adjacent to an activating group) is 2. The zero-order valence-corrected chi connectivity index (χ0v) is 60.7. The van der Waals surface area contributed by atoms with E-state index in [-0.39, 0.29) is 92.8 Å². The highest BCUT2D eigenvalue weighted by molar-refractivity contribution is 5.95. The summed E-state index contributed by atoms with van der Waals surface area (Å²) in [7, 11) is 5.37. The Hall–Kier alpha value is -7.51. The fraction of sp³-hybridized carbons (Fsp3) is 0.468. The molecule has 1 spiro atoms. The van der Waals surface area contributed by atoms with Crippen LogP contribution in [0, 0.1) is 11.7 Å². The van der Waals surface area contributed by atoms with Gasteiger partial charge >= 0.3 is 18.4 Å². The number of ether oxygens (including phenoxy) is 3. The number of rotatable bonds is 24. The molecule has 4 aliphatic heterocycles. The number of nitrogens with one attached hydrogen (secondary N) is 1. The first kappa shape index (κ1) is 81.2. The number of nitrogens with zero attached hydrogens (tertiary/aromatic N) is 7. The second-order valence-corrected chi connectivity index (χ2v) is 27.5. The fourth-order valence-corrected chi connectivity index (χ4v) is 15.0. The highest BCUT2D eigenvalue weighted by Gasteiger charge is 2.50. The van der Waals surface area contributed by atoms with Crippen molar-refractivity contribution in [2.45, 2.75) is 113 Å². The van der Waals surface area contributed by atoms with Gasteiger partial charge in [0, 0.05) is 114 Å². The minimum absolute atomic E-state index is 0. The lowest BCUT2D eigenvalue weighted by atomic mass is 9.72. The van der Waals surface area contributed by atoms with Crippen LogP contribution in [0.4, 0.5) is 46.9 Å². The van der Waals surface area contributed by atoms with Gasteiger partial charge in [0.1, 0.15) is 30.9 Å². The molecule has 1 N–H and O–H groups in total. The molecule has 11 rings (SSSR count). The molecule has 5 aliphatic rings. The van der Waals surface area contributed by atoms with Gasteiger partial charge in [-0.05, 0) is 173 Å². The maximum absolute atomic E-state index is 14.3. The minimum atomic E-state index is -5.15. The van der Waals surface area contributed by atoms with Gasteiger partial charge in [-0.15, -0.1) is 37.2 Å². The van der Waals surface area contributed by atoms with Gasteiger partial charge in [0.25, 0.3) is 11.8 Å². The fourth-order valence-electron chi connectivity index (χ4n) is 15.0. The van der Waals surface area contributed by atoms with E-state index >= 15 is 0 Å². The van der Waals surface area contributed by atoms with Crippen molar-refractivity contribution < 1.29 is 68.9 Å². The summed E-state index contributed by atoms with van der Waals surface area (Å²) >= 11 is 0. The first-order valence-electron chi connectivity index (χ1n) is 34.8. The number of hydrogen-bond donors (Lipinski definition) is 1. The van der Waals surface area contributed by atoms with Gasteiger partial charge in [-0.2, -0.15) is 26.3 Å². The summed E-state index contributed by atoms with van der Waals surface area (Å²) in [6.07, 6.45) is -2.54. The maximum Gasteiger partial charge on any atom is 0.416 e. The molecule has 0 bridgehead atoms. The van der Waals surface area contributed by atoms with E-state index in [1.54, 1.807) is 23.9 Å². The Morgan fingerprint density at radius 3 is 1.91 bits per heavy atom. The molecule has 1 aliphatic carbocycles. The lowest BCUT2D eigenvalue weighted by Crippen LogP contribution is -2.50. The van der Waals surface area contributed by atoms with Crippen molar-refractivity contribution in [3.63, 3.8) is 0 Å². The van der Waals surface area contributed by atoms with Crippen molar-refractivity contribution in [1.29, 1.82) is 0 Å². The van der Waals surface area contributed by atoms with Crippen LogP contribution >= 0.6 is 37.2 Å². The molecule has 103 heavy (non-hydrogen) atoms. The van der Waals surface area contributed by atoms with E-state index in [1.165, 1.54) is 29.8 Å². The second kappa shape index (κ2) is 36.0. The van der Waals surface area contributed by atoms with E-state index in [0.717, 1.165) is 98.5 Å². The number of amides is 5. The first-order valence-corrected chi connectivity index (χ1v) is 34.8. The molecule has 26 heteroatoms. The number of carbonyl (C=O) groups excluding carboxylic acids is 5. The highest BCUT2D eigenvalue weighted by Crippen LogP contribution is 2.49. The number of para-hydroxylation sites is 1. The Balaban J connectivity index is 0.00000448. The van der Waals surface area contributed by atoms with Gasteiger partial charge in [-0.1, -0.05) is 84.9 Å². The van der Waals surface area contributed by atoms with Crippen LogP contribution in [-0.2, 0) is 53.6 Å². The Labute approximate surface area is 616 Å². The zero-order valence-electron chi connectivity index (χ0n) is 58.2. The Morgan fingerprint density at radius 2 is 1.24 bits per heavy atom. The summed E-state index contributed by atoms with van der Waals surface area (Å²) in [4.78, 5) is 80.3. The highest BCUT2D eigenvalue weighted by atomic mass is 35.5. The largest absolute Gasteiger partial charge is 0.446 e. The van der Waals surface area contributed by atoms with Gasteiger partial charge in [-0.3, -0.25) is 24.5 Å². The van der Waals surface area contributed by atoms with Gasteiger partial charge in [-0.25, -0.2) is 9.18 Å². The molecule has 2 atom stereocenters. The molecule has 4 saturated heterocycles. The van der Waals surface area contributed by atoms with Crippen molar-refractivity contribution >= 4 is 78.3 Å². The number of carbonyl (C=O) groups is 5. The first-order chi connectivity index (χ1) is 47.9. The molecular weight excluding hydrogens is 1400 g/mol. The van der Waals surface area contributed by atoms with Gasteiger partial charge in [0.15, 0.2) is 0 Å². The van der Waals surface area contributed by atoms with Gasteiger partial charge < -0.3 is 48.5 Å². The lowest BCUT2D eigenvalue weighted by molar-refractivity contribution is -0.143. The summed E-state index contributed by atoms with van der Waals surface area (Å²) in [5, 5.41) is 2.94. The Kier molecular flexibility index (Phi) is 28.4. The number of piperidine rings is 3. The van der Waals surface area contributed by atoms with Gasteiger partial charge in [0.2, 0.25) is 11.8 Å². The van der Waals surface area contributed by atoms with E-state index in [1.807, 2.05) is 103 Å². The summed E-state index contributed by atoms with van der Waals surface area (Å²) < 4.78 is 116. The van der Waals surface area contributed by atoms with E-state index in [4.69, 9.17) is 14.2 Å². The topological polar surface area (TPSA) is 148 Å². The number of halogens is 10. The third-order valence-electron chi connectivity index (χ3n) is 21.1. The lowest BCUT2D eigenvalue weighted by Gasteiger charge is -2.44. The van der Waals surface area contributed by atoms with Crippen LogP contribution in [-0.4, -0.2) is 184 Å². The molecule has 0 unspecified atom stereocenters. The normalized spacial score (nSPS) is 18.6. The van der Waals surface area contributed by atoms with E-state index in [0.29, 0.717) is 106 Å². The van der Waals surface area contributed by atoms with Gasteiger partial charge in [0.05, 0.1) is 29.5 Å². The molecule has 558 valence electrons. The predicted molar refractivity (Wildman–Crippen MR) is 389 cm³/mol. The number of fused-ring (bicyclic) bond motifs is 2. The van der Waals surface area contributed by atoms with Crippen LogP contribution in [0.3, 0.4) is 0 Å². The Bertz CT molecular complexity index is 3770. The van der Waals surface area contributed by atoms with Crippen molar-refractivity contribution in [1.82, 2.24) is 29.4 Å². The number of alkyl halides is 6. The van der Waals surface area contributed by atoms with Crippen LogP contribution in [0.15, 0.2) is 146 Å². The summed E-state index contributed by atoms with van der Waals surface area (Å²) in [5.74, 6) is -1.20. The second-order valence-electron chi connectivity index (χ2n) is 27.5. The number of anilines is 2. The van der Waals surface area contributed by atoms with Crippen LogP contribution in [0.2, 0.25) is 0 Å². The maximum atomic E-state index is 14.3. The molecule has 0 saturated carbocycles. The molecule has 0 radical (unpaired) electrons. The average Bonchev–Trinajstić information content (AvgIpc) is 1.61.